The second-order valence-corrected chi connectivity index (χ2v) is 5.40. The SMILES string of the molecule is CC(C)OC(=O)[C@](O)(c1ccccc1)[C@H](O)c1ccccc1. The van der Waals surface area contributed by atoms with Crippen LogP contribution >= 0.6 is 0 Å². The van der Waals surface area contributed by atoms with Crippen molar-refractivity contribution in [3.8, 4) is 0 Å². The lowest BCUT2D eigenvalue weighted by Gasteiger charge is -2.32. The molecule has 2 N–H and O–H groups in total. The Kier molecular flexibility index (Phi) is 4.96. The number of carbonyl (C=O) groups excluding carboxylic acids is 1. The molecule has 0 fully saturated rings. The third kappa shape index (κ3) is 3.18. The monoisotopic (exact) mass is 300 g/mol. The fourth-order valence-electron chi connectivity index (χ4n) is 2.26. The normalized spacial score (nSPS) is 15.1. The van der Waals surface area contributed by atoms with Gasteiger partial charge in [0.05, 0.1) is 6.10 Å². The molecule has 116 valence electrons. The van der Waals surface area contributed by atoms with Gasteiger partial charge >= 0.3 is 5.97 Å². The van der Waals surface area contributed by atoms with Crippen LogP contribution in [-0.4, -0.2) is 22.3 Å². The summed E-state index contributed by atoms with van der Waals surface area (Å²) in [6, 6.07) is 16.9. The number of esters is 1. The van der Waals surface area contributed by atoms with Crippen LogP contribution in [-0.2, 0) is 15.1 Å². The highest BCUT2D eigenvalue weighted by molar-refractivity contribution is 5.82. The van der Waals surface area contributed by atoms with Crippen molar-refractivity contribution in [3.63, 3.8) is 0 Å². The van der Waals surface area contributed by atoms with Gasteiger partial charge in [0, 0.05) is 0 Å². The lowest BCUT2D eigenvalue weighted by molar-refractivity contribution is -0.185. The van der Waals surface area contributed by atoms with E-state index in [1.165, 1.54) is 0 Å². The lowest BCUT2D eigenvalue weighted by atomic mass is 9.84. The molecular weight excluding hydrogens is 280 g/mol. The van der Waals surface area contributed by atoms with E-state index >= 15 is 0 Å². The molecule has 0 amide bonds. The van der Waals surface area contributed by atoms with Crippen LogP contribution in [0.4, 0.5) is 0 Å². The molecular formula is C18H20O4. The summed E-state index contributed by atoms with van der Waals surface area (Å²) in [6.45, 7) is 3.39. The summed E-state index contributed by atoms with van der Waals surface area (Å²) in [6.07, 6.45) is -1.83. The van der Waals surface area contributed by atoms with Crippen LogP contribution in [0.15, 0.2) is 60.7 Å². The van der Waals surface area contributed by atoms with Crippen molar-refractivity contribution >= 4 is 5.97 Å². The Morgan fingerprint density at radius 3 is 2.00 bits per heavy atom. The van der Waals surface area contributed by atoms with Gasteiger partial charge in [0.25, 0.3) is 0 Å². The van der Waals surface area contributed by atoms with Gasteiger partial charge < -0.3 is 14.9 Å². The zero-order chi connectivity index (χ0) is 16.2. The maximum Gasteiger partial charge on any atom is 0.346 e. The summed E-state index contributed by atoms with van der Waals surface area (Å²) >= 11 is 0. The van der Waals surface area contributed by atoms with Crippen molar-refractivity contribution in [2.24, 2.45) is 0 Å². The summed E-state index contributed by atoms with van der Waals surface area (Å²) in [5.74, 6) is -0.870. The zero-order valence-corrected chi connectivity index (χ0v) is 12.6. The molecule has 0 aliphatic carbocycles. The van der Waals surface area contributed by atoms with Gasteiger partial charge in [0.2, 0.25) is 5.60 Å². The van der Waals surface area contributed by atoms with Gasteiger partial charge in [-0.3, -0.25) is 0 Å². The molecule has 0 radical (unpaired) electrons. The molecule has 0 aromatic heterocycles. The van der Waals surface area contributed by atoms with E-state index in [1.54, 1.807) is 74.5 Å². The lowest BCUT2D eigenvalue weighted by Crippen LogP contribution is -2.44. The topological polar surface area (TPSA) is 66.8 Å². The Morgan fingerprint density at radius 1 is 1.00 bits per heavy atom. The smallest absolute Gasteiger partial charge is 0.346 e. The number of carbonyl (C=O) groups is 1. The maximum atomic E-state index is 12.5. The van der Waals surface area contributed by atoms with Gasteiger partial charge in [-0.2, -0.15) is 0 Å². The summed E-state index contributed by atoms with van der Waals surface area (Å²) in [4.78, 5) is 12.5. The quantitative estimate of drug-likeness (QED) is 0.833. The molecule has 0 saturated carbocycles. The predicted octanol–water partition coefficient (Wildman–Crippen LogP) is 2.56. The minimum absolute atomic E-state index is 0.289. The third-order valence-electron chi connectivity index (χ3n) is 3.38. The predicted molar refractivity (Wildman–Crippen MR) is 83.0 cm³/mol. The highest BCUT2D eigenvalue weighted by atomic mass is 16.6. The van der Waals surface area contributed by atoms with Crippen LogP contribution in [0.1, 0.15) is 31.1 Å². The van der Waals surface area contributed by atoms with Gasteiger partial charge in [-0.1, -0.05) is 60.7 Å². The largest absolute Gasteiger partial charge is 0.460 e. The van der Waals surface area contributed by atoms with Gasteiger partial charge in [-0.05, 0) is 25.0 Å². The number of benzene rings is 2. The fraction of sp³-hybridized carbons (Fsp3) is 0.278. The van der Waals surface area contributed by atoms with Crippen molar-refractivity contribution in [1.29, 1.82) is 0 Å². The molecule has 0 bridgehead atoms. The van der Waals surface area contributed by atoms with E-state index in [-0.39, 0.29) is 5.56 Å². The van der Waals surface area contributed by atoms with Crippen molar-refractivity contribution in [2.45, 2.75) is 31.7 Å². The van der Waals surface area contributed by atoms with Gasteiger partial charge in [-0.25, -0.2) is 4.79 Å². The molecule has 2 aromatic carbocycles. The van der Waals surface area contributed by atoms with E-state index in [4.69, 9.17) is 4.74 Å². The van der Waals surface area contributed by atoms with Crippen molar-refractivity contribution < 1.29 is 19.7 Å². The van der Waals surface area contributed by atoms with Crippen LogP contribution in [0.25, 0.3) is 0 Å². The van der Waals surface area contributed by atoms with Gasteiger partial charge in [-0.15, -0.1) is 0 Å². The fourth-order valence-corrected chi connectivity index (χ4v) is 2.26. The number of hydrogen-bond donors (Lipinski definition) is 2. The second kappa shape index (κ2) is 6.73. The standard InChI is InChI=1S/C18H20O4/c1-13(2)22-17(20)18(21,15-11-7-4-8-12-15)16(19)14-9-5-3-6-10-14/h3-13,16,19,21H,1-2H3/t16-,18+/m1/s1. The summed E-state index contributed by atoms with van der Waals surface area (Å²) in [5.41, 5.74) is -1.43. The van der Waals surface area contributed by atoms with Crippen LogP contribution in [0, 0.1) is 0 Å². The van der Waals surface area contributed by atoms with Crippen LogP contribution < -0.4 is 0 Å². The average molecular weight is 300 g/mol. The van der Waals surface area contributed by atoms with Crippen LogP contribution in [0.3, 0.4) is 0 Å². The molecule has 4 heteroatoms. The molecule has 2 aromatic rings. The Hall–Kier alpha value is -2.17. The van der Waals surface area contributed by atoms with Crippen LogP contribution in [0.5, 0.6) is 0 Å². The molecule has 2 atom stereocenters. The molecule has 0 aliphatic heterocycles. The van der Waals surface area contributed by atoms with Gasteiger partial charge in [0.1, 0.15) is 6.10 Å². The average Bonchev–Trinajstić information content (AvgIpc) is 2.54. The first-order chi connectivity index (χ1) is 10.5. The minimum atomic E-state index is -2.16. The van der Waals surface area contributed by atoms with Gasteiger partial charge in [0.15, 0.2) is 0 Å². The molecule has 0 saturated heterocycles. The van der Waals surface area contributed by atoms with Crippen molar-refractivity contribution in [3.05, 3.63) is 71.8 Å². The molecule has 4 nitrogen and oxygen atoms in total. The van der Waals surface area contributed by atoms with Crippen molar-refractivity contribution in [2.75, 3.05) is 0 Å². The van der Waals surface area contributed by atoms with Crippen molar-refractivity contribution in [1.82, 2.24) is 0 Å². The number of ether oxygens (including phenoxy) is 1. The van der Waals surface area contributed by atoms with Crippen LogP contribution in [0.2, 0.25) is 0 Å². The molecule has 22 heavy (non-hydrogen) atoms. The van der Waals surface area contributed by atoms with E-state index in [1.807, 2.05) is 0 Å². The Labute approximate surface area is 130 Å². The maximum absolute atomic E-state index is 12.5. The number of aliphatic hydroxyl groups is 2. The molecule has 0 unspecified atom stereocenters. The first-order valence-electron chi connectivity index (χ1n) is 7.18. The highest BCUT2D eigenvalue weighted by Gasteiger charge is 2.47. The third-order valence-corrected chi connectivity index (χ3v) is 3.38. The van der Waals surface area contributed by atoms with E-state index in [0.29, 0.717) is 5.56 Å². The minimum Gasteiger partial charge on any atom is -0.460 e. The molecule has 0 aliphatic rings. The molecule has 0 heterocycles. The molecule has 0 spiro atoms. The summed E-state index contributed by atoms with van der Waals surface area (Å²) < 4.78 is 5.16. The number of aliphatic hydroxyl groups excluding tert-OH is 1. The molecule has 2 rings (SSSR count). The number of hydrogen-bond acceptors (Lipinski definition) is 4. The number of rotatable bonds is 5. The highest BCUT2D eigenvalue weighted by Crippen LogP contribution is 2.36. The second-order valence-electron chi connectivity index (χ2n) is 5.40. The van der Waals surface area contributed by atoms with E-state index in [9.17, 15) is 15.0 Å². The van der Waals surface area contributed by atoms with E-state index in [0.717, 1.165) is 0 Å². The first-order valence-corrected chi connectivity index (χ1v) is 7.18. The van der Waals surface area contributed by atoms with E-state index < -0.39 is 23.8 Å². The Bertz CT molecular complexity index is 609. The first kappa shape index (κ1) is 16.2. The Balaban J connectivity index is 2.48. The summed E-state index contributed by atoms with van der Waals surface area (Å²) in [7, 11) is 0. The summed E-state index contributed by atoms with van der Waals surface area (Å²) in [5, 5.41) is 21.6. The zero-order valence-electron chi connectivity index (χ0n) is 12.6. The Morgan fingerprint density at radius 2 is 1.50 bits per heavy atom. The van der Waals surface area contributed by atoms with E-state index in [2.05, 4.69) is 0 Å².